The van der Waals surface area contributed by atoms with Gasteiger partial charge >= 0.3 is 0 Å². The van der Waals surface area contributed by atoms with E-state index >= 15 is 0 Å². The fraction of sp³-hybridized carbons (Fsp3) is 0.714. The van der Waals surface area contributed by atoms with Gasteiger partial charge in [0.15, 0.2) is 11.5 Å². The summed E-state index contributed by atoms with van der Waals surface area (Å²) in [7, 11) is 1.64. The number of aliphatic hydroxyl groups is 2. The lowest BCUT2D eigenvalue weighted by Crippen LogP contribution is -2.48. The Bertz CT molecular complexity index is 625. The van der Waals surface area contributed by atoms with Crippen molar-refractivity contribution in [1.82, 2.24) is 4.90 Å². The molecule has 3 atom stereocenters. The lowest BCUT2D eigenvalue weighted by atomic mass is 9.75. The van der Waals surface area contributed by atoms with Crippen LogP contribution in [-0.4, -0.2) is 54.6 Å². The van der Waals surface area contributed by atoms with Crippen LogP contribution in [0.15, 0.2) is 12.1 Å². The molecule has 0 radical (unpaired) electrons. The summed E-state index contributed by atoms with van der Waals surface area (Å²) in [6, 6.07) is 4.36. The molecule has 5 heteroatoms. The first-order valence-electron chi connectivity index (χ1n) is 9.69. The van der Waals surface area contributed by atoms with Crippen LogP contribution in [0.2, 0.25) is 0 Å². The Morgan fingerprint density at radius 3 is 2.65 bits per heavy atom. The maximum Gasteiger partial charge on any atom is 0.161 e. The standard InChI is InChI=1S/C21H33NO4/c1-21(2,3)12-15-13-22-6-5-14-9-20(26-8-7-23)19(25-4)10-16(14)17(22)11-18(15)24/h9-10,15,17-18,23-24H,5-8,11-13H2,1-4H3. The summed E-state index contributed by atoms with van der Waals surface area (Å²) in [6.45, 7) is 8.95. The summed E-state index contributed by atoms with van der Waals surface area (Å²) in [4.78, 5) is 2.53. The monoisotopic (exact) mass is 363 g/mol. The highest BCUT2D eigenvalue weighted by atomic mass is 16.5. The van der Waals surface area contributed by atoms with Gasteiger partial charge < -0.3 is 19.7 Å². The predicted octanol–water partition coefficient (Wildman–Crippen LogP) is 2.78. The molecule has 0 saturated carbocycles. The van der Waals surface area contributed by atoms with Gasteiger partial charge in [0.1, 0.15) is 6.61 Å². The molecular formula is C21H33NO4. The summed E-state index contributed by atoms with van der Waals surface area (Å²) < 4.78 is 11.1. The minimum absolute atomic E-state index is 0.0159. The Kier molecular flexibility index (Phi) is 5.80. The van der Waals surface area contributed by atoms with Crippen LogP contribution in [0, 0.1) is 11.3 Å². The van der Waals surface area contributed by atoms with Gasteiger partial charge in [0.05, 0.1) is 19.8 Å². The molecule has 26 heavy (non-hydrogen) atoms. The van der Waals surface area contributed by atoms with Crippen LogP contribution >= 0.6 is 0 Å². The highest BCUT2D eigenvalue weighted by molar-refractivity contribution is 5.49. The van der Waals surface area contributed by atoms with Crippen molar-refractivity contribution in [3.63, 3.8) is 0 Å². The van der Waals surface area contributed by atoms with Gasteiger partial charge in [-0.05, 0) is 53.9 Å². The van der Waals surface area contributed by atoms with E-state index in [1.165, 1.54) is 11.1 Å². The predicted molar refractivity (Wildman–Crippen MR) is 102 cm³/mol. The number of hydrogen-bond donors (Lipinski definition) is 2. The summed E-state index contributed by atoms with van der Waals surface area (Å²) in [5, 5.41) is 19.8. The van der Waals surface area contributed by atoms with Crippen LogP contribution in [0.1, 0.15) is 50.8 Å². The maximum absolute atomic E-state index is 10.8. The molecule has 2 heterocycles. The van der Waals surface area contributed by atoms with Crippen molar-refractivity contribution in [1.29, 1.82) is 0 Å². The average Bonchev–Trinajstić information content (AvgIpc) is 2.58. The molecule has 1 fully saturated rings. The van der Waals surface area contributed by atoms with Crippen molar-refractivity contribution >= 4 is 0 Å². The SMILES string of the molecule is COc1cc2c(cc1OCCO)CCN1CC(CC(C)(C)C)C(O)CC21. The van der Waals surface area contributed by atoms with Gasteiger partial charge in [-0.1, -0.05) is 20.8 Å². The first-order valence-corrected chi connectivity index (χ1v) is 9.69. The third kappa shape index (κ3) is 4.16. The van der Waals surface area contributed by atoms with E-state index in [1.807, 2.05) is 0 Å². The Morgan fingerprint density at radius 1 is 1.23 bits per heavy atom. The number of methoxy groups -OCH3 is 1. The molecule has 2 N–H and O–H groups in total. The molecule has 0 spiro atoms. The normalized spacial score (nSPS) is 26.2. The number of fused-ring (bicyclic) bond motifs is 3. The second-order valence-electron chi connectivity index (χ2n) is 8.86. The maximum atomic E-state index is 10.8. The van der Waals surface area contributed by atoms with Crippen LogP contribution in [0.3, 0.4) is 0 Å². The summed E-state index contributed by atoms with van der Waals surface area (Å²) in [5.74, 6) is 1.72. The molecule has 146 valence electrons. The molecule has 2 aliphatic heterocycles. The molecule has 1 saturated heterocycles. The van der Waals surface area contributed by atoms with E-state index < -0.39 is 0 Å². The van der Waals surface area contributed by atoms with Crippen LogP contribution in [0.25, 0.3) is 0 Å². The third-order valence-electron chi connectivity index (χ3n) is 5.59. The van der Waals surface area contributed by atoms with Crippen LogP contribution in [0.4, 0.5) is 0 Å². The first kappa shape index (κ1) is 19.5. The Morgan fingerprint density at radius 2 is 2.00 bits per heavy atom. The molecule has 0 bridgehead atoms. The molecule has 0 amide bonds. The van der Waals surface area contributed by atoms with E-state index in [4.69, 9.17) is 14.6 Å². The van der Waals surface area contributed by atoms with Crippen LogP contribution in [0.5, 0.6) is 11.5 Å². The molecule has 3 rings (SSSR count). The van der Waals surface area contributed by atoms with E-state index in [2.05, 4.69) is 37.8 Å². The lowest BCUT2D eigenvalue weighted by molar-refractivity contribution is -0.0259. The first-order chi connectivity index (χ1) is 12.3. The number of nitrogens with zero attached hydrogens (tertiary/aromatic N) is 1. The fourth-order valence-electron chi connectivity index (χ4n) is 4.51. The Labute approximate surface area is 156 Å². The largest absolute Gasteiger partial charge is 0.493 e. The number of piperidine rings is 1. The molecular weight excluding hydrogens is 330 g/mol. The highest BCUT2D eigenvalue weighted by Gasteiger charge is 2.39. The second-order valence-corrected chi connectivity index (χ2v) is 8.86. The molecule has 0 aromatic heterocycles. The number of rotatable bonds is 5. The van der Waals surface area contributed by atoms with Gasteiger partial charge in [-0.15, -0.1) is 0 Å². The highest BCUT2D eigenvalue weighted by Crippen LogP contribution is 2.44. The minimum Gasteiger partial charge on any atom is -0.493 e. The lowest BCUT2D eigenvalue weighted by Gasteiger charge is -2.47. The van der Waals surface area contributed by atoms with Gasteiger partial charge in [-0.25, -0.2) is 0 Å². The van der Waals surface area contributed by atoms with Gasteiger partial charge in [-0.2, -0.15) is 0 Å². The number of benzene rings is 1. The second kappa shape index (κ2) is 7.75. The molecule has 3 unspecified atom stereocenters. The smallest absolute Gasteiger partial charge is 0.161 e. The van der Waals surface area contributed by atoms with Crippen molar-refractivity contribution in [2.75, 3.05) is 33.4 Å². The van der Waals surface area contributed by atoms with Gasteiger partial charge in [0.2, 0.25) is 0 Å². The third-order valence-corrected chi connectivity index (χ3v) is 5.59. The Balaban J connectivity index is 1.83. The van der Waals surface area contributed by atoms with Crippen molar-refractivity contribution in [3.8, 4) is 11.5 Å². The average molecular weight is 363 g/mol. The zero-order valence-electron chi connectivity index (χ0n) is 16.5. The van der Waals surface area contributed by atoms with E-state index in [1.54, 1.807) is 7.11 Å². The zero-order chi connectivity index (χ0) is 18.9. The number of aliphatic hydroxyl groups excluding tert-OH is 2. The number of ether oxygens (including phenoxy) is 2. The van der Waals surface area contributed by atoms with E-state index in [0.29, 0.717) is 17.4 Å². The van der Waals surface area contributed by atoms with Crippen molar-refractivity contribution in [3.05, 3.63) is 23.3 Å². The summed E-state index contributed by atoms with van der Waals surface area (Å²) in [5.41, 5.74) is 2.74. The fourth-order valence-corrected chi connectivity index (χ4v) is 4.51. The molecule has 5 nitrogen and oxygen atoms in total. The van der Waals surface area contributed by atoms with Crippen molar-refractivity contribution < 1.29 is 19.7 Å². The molecule has 0 aliphatic carbocycles. The van der Waals surface area contributed by atoms with Crippen molar-refractivity contribution in [2.24, 2.45) is 11.3 Å². The van der Waals surface area contributed by atoms with Gasteiger partial charge in [0, 0.05) is 19.1 Å². The van der Waals surface area contributed by atoms with Crippen LogP contribution < -0.4 is 9.47 Å². The summed E-state index contributed by atoms with van der Waals surface area (Å²) >= 11 is 0. The quantitative estimate of drug-likeness (QED) is 0.842. The van der Waals surface area contributed by atoms with Crippen molar-refractivity contribution in [2.45, 2.75) is 52.2 Å². The van der Waals surface area contributed by atoms with Gasteiger partial charge in [-0.3, -0.25) is 4.90 Å². The zero-order valence-corrected chi connectivity index (χ0v) is 16.5. The molecule has 2 aliphatic rings. The Hall–Kier alpha value is -1.30. The van der Waals surface area contributed by atoms with Gasteiger partial charge in [0.25, 0.3) is 0 Å². The van der Waals surface area contributed by atoms with E-state index in [-0.39, 0.29) is 30.8 Å². The van der Waals surface area contributed by atoms with E-state index in [0.717, 1.165) is 32.4 Å². The van der Waals surface area contributed by atoms with E-state index in [9.17, 15) is 5.11 Å². The summed E-state index contributed by atoms with van der Waals surface area (Å²) in [6.07, 6.45) is 2.52. The molecule has 1 aromatic carbocycles. The van der Waals surface area contributed by atoms with Crippen LogP contribution in [-0.2, 0) is 6.42 Å². The minimum atomic E-state index is -0.266. The molecule has 1 aromatic rings. The number of hydrogen-bond acceptors (Lipinski definition) is 5. The topological polar surface area (TPSA) is 62.2 Å².